The van der Waals surface area contributed by atoms with Crippen molar-refractivity contribution in [1.29, 1.82) is 0 Å². The summed E-state index contributed by atoms with van der Waals surface area (Å²) in [5.74, 6) is 0.0891. The van der Waals surface area contributed by atoms with Gasteiger partial charge in [0.15, 0.2) is 0 Å². The fraction of sp³-hybridized carbons (Fsp3) is 0.385. The lowest BCUT2D eigenvalue weighted by atomic mass is 9.84. The summed E-state index contributed by atoms with van der Waals surface area (Å²) in [5.41, 5.74) is 32.8. The SMILES string of the molecule is C/C=C(\C)C(=O)OCC.CC(=O)C(C)C1=CCc2ccccc21.CC(C(=O)O)C1=CCc2ccccc21.CC(N)C(C)C1=CCc2ccccc21.CCC(C)C(C)C1=CCc2ccccc21.CCOC(=O)/C(C)=C/CBr.CCOC(=O)/C(C)=C/CCc1ccccc1C.CCOC(=O)C(C)C1=CCc2ccccc21.Cc1ccccc1C. The quantitative estimate of drug-likeness (QED) is 0.0284. The molecule has 13 heteroatoms. The maximum absolute atomic E-state index is 11.7. The minimum atomic E-state index is -0.757. The smallest absolute Gasteiger partial charge is 0.333 e. The van der Waals surface area contributed by atoms with Crippen molar-refractivity contribution < 1.29 is 52.8 Å². The summed E-state index contributed by atoms with van der Waals surface area (Å²) in [6.45, 7) is 41.0. The third kappa shape index (κ3) is 32.0. The number of carboxylic acid groups (broad SMARTS) is 1. The summed E-state index contributed by atoms with van der Waals surface area (Å²) in [6.07, 6.45) is 24.6. The van der Waals surface area contributed by atoms with Crippen LogP contribution in [0, 0.1) is 56.3 Å². The molecule has 12 nitrogen and oxygen atoms in total. The topological polar surface area (TPSA) is 186 Å². The number of alkyl halides is 1. The number of hydrogen-bond acceptors (Lipinski definition) is 11. The number of aryl methyl sites for hydroxylation is 4. The van der Waals surface area contributed by atoms with E-state index in [1.54, 1.807) is 66.2 Å². The Morgan fingerprint density at radius 3 is 1.06 bits per heavy atom. The number of carboxylic acids is 1. The first kappa shape index (κ1) is 99.3. The summed E-state index contributed by atoms with van der Waals surface area (Å²) in [7, 11) is 0. The molecule has 3 N–H and O–H groups in total. The Kier molecular flexibility index (Phi) is 45.2. The van der Waals surface area contributed by atoms with Crippen molar-refractivity contribution in [1.82, 2.24) is 0 Å². The molecule has 0 saturated heterocycles. The fourth-order valence-electron chi connectivity index (χ4n) is 13.5. The number of nitrogens with two attached hydrogens (primary N) is 1. The Labute approximate surface area is 709 Å². The maximum Gasteiger partial charge on any atom is 0.333 e. The molecule has 626 valence electrons. The van der Waals surface area contributed by atoms with Crippen LogP contribution in [0.2, 0.25) is 0 Å². The number of allylic oxidation sites excluding steroid dienone is 10. The van der Waals surface area contributed by atoms with Gasteiger partial charge in [-0.1, -0.05) is 275 Å². The third-order valence-electron chi connectivity index (χ3n) is 21.8. The van der Waals surface area contributed by atoms with Crippen molar-refractivity contribution in [3.63, 3.8) is 0 Å². The van der Waals surface area contributed by atoms with E-state index in [0.29, 0.717) is 60.3 Å². The van der Waals surface area contributed by atoms with Gasteiger partial charge >= 0.3 is 29.8 Å². The zero-order valence-corrected chi connectivity index (χ0v) is 75.1. The molecule has 0 aromatic heterocycles. The zero-order valence-electron chi connectivity index (χ0n) is 73.5. The molecule has 7 aromatic rings. The van der Waals surface area contributed by atoms with Crippen LogP contribution in [0.4, 0.5) is 0 Å². The predicted octanol–water partition coefficient (Wildman–Crippen LogP) is 24.1. The monoisotopic (exact) mass is 1650 g/mol. The van der Waals surface area contributed by atoms with Crippen molar-refractivity contribution >= 4 is 79.4 Å². The second kappa shape index (κ2) is 53.3. The normalized spacial score (nSPS) is 14.6. The van der Waals surface area contributed by atoms with E-state index in [1.807, 2.05) is 107 Å². The summed E-state index contributed by atoms with van der Waals surface area (Å²) >= 11 is 3.19. The number of carbonyl (C=O) groups excluding carboxylic acids is 5. The van der Waals surface area contributed by atoms with Crippen LogP contribution in [-0.2, 0) is 86.2 Å². The molecule has 117 heavy (non-hydrogen) atoms. The molecule has 5 aliphatic rings. The highest BCUT2D eigenvalue weighted by Gasteiger charge is 2.27. The van der Waals surface area contributed by atoms with Crippen LogP contribution in [0.1, 0.15) is 208 Å². The van der Waals surface area contributed by atoms with Crippen LogP contribution in [0.5, 0.6) is 0 Å². The average molecular weight is 1650 g/mol. The maximum atomic E-state index is 11.7. The Balaban J connectivity index is 0.000000279. The van der Waals surface area contributed by atoms with Crippen molar-refractivity contribution in [3.05, 3.63) is 313 Å². The van der Waals surface area contributed by atoms with Crippen LogP contribution in [0.15, 0.2) is 235 Å². The number of rotatable bonds is 22. The lowest BCUT2D eigenvalue weighted by molar-refractivity contribution is -0.145. The van der Waals surface area contributed by atoms with Crippen molar-refractivity contribution in [3.8, 4) is 0 Å². The molecular weight excluding hydrogens is 1520 g/mol. The Morgan fingerprint density at radius 1 is 0.410 bits per heavy atom. The van der Waals surface area contributed by atoms with Crippen molar-refractivity contribution in [2.24, 2.45) is 41.2 Å². The number of ketones is 1. The number of Topliss-reactive ketones (excluding diaryl/α,β-unsaturated/α-hetero) is 1. The number of hydrogen-bond donors (Lipinski definition) is 2. The van der Waals surface area contributed by atoms with Crippen LogP contribution >= 0.6 is 15.9 Å². The van der Waals surface area contributed by atoms with E-state index in [2.05, 4.69) is 210 Å². The molecule has 7 atom stereocenters. The molecule has 0 heterocycles. The van der Waals surface area contributed by atoms with Crippen LogP contribution in [0.3, 0.4) is 0 Å². The van der Waals surface area contributed by atoms with Crippen LogP contribution < -0.4 is 5.73 Å². The zero-order chi connectivity index (χ0) is 86.7. The van der Waals surface area contributed by atoms with Gasteiger partial charge in [0, 0.05) is 34.0 Å². The minimum absolute atomic E-state index is 0.0404. The van der Waals surface area contributed by atoms with E-state index >= 15 is 0 Å². The first-order valence-electron chi connectivity index (χ1n) is 41.6. The molecular formula is C104H132BrNO11. The summed E-state index contributed by atoms with van der Waals surface area (Å²) in [4.78, 5) is 66.7. The van der Waals surface area contributed by atoms with E-state index < -0.39 is 11.9 Å². The Hall–Kier alpha value is -10.1. The van der Waals surface area contributed by atoms with E-state index in [9.17, 15) is 28.8 Å². The number of fused-ring (bicyclic) bond motifs is 5. The molecule has 12 rings (SSSR count). The number of esters is 4. The molecule has 0 amide bonds. The lowest BCUT2D eigenvalue weighted by Gasteiger charge is -2.20. The average Bonchev–Trinajstić information content (AvgIpc) is 1.70. The Morgan fingerprint density at radius 2 is 0.726 bits per heavy atom. The molecule has 7 unspecified atom stereocenters. The summed E-state index contributed by atoms with van der Waals surface area (Å²) < 4.78 is 19.4. The number of aliphatic carboxylic acids is 1. The highest BCUT2D eigenvalue weighted by atomic mass is 79.9. The van der Waals surface area contributed by atoms with Gasteiger partial charge in [0.2, 0.25) is 0 Å². The first-order chi connectivity index (χ1) is 56.0. The van der Waals surface area contributed by atoms with Gasteiger partial charge in [-0.25, -0.2) is 14.4 Å². The van der Waals surface area contributed by atoms with Gasteiger partial charge in [-0.3, -0.25) is 14.4 Å². The second-order valence-corrected chi connectivity index (χ2v) is 30.6. The highest BCUT2D eigenvalue weighted by molar-refractivity contribution is 9.09. The van der Waals surface area contributed by atoms with Gasteiger partial charge in [0.05, 0.1) is 38.3 Å². The fourth-order valence-corrected chi connectivity index (χ4v) is 13.9. The lowest BCUT2D eigenvalue weighted by Crippen LogP contribution is -2.24. The summed E-state index contributed by atoms with van der Waals surface area (Å²) in [5, 5.41) is 9.62. The van der Waals surface area contributed by atoms with Crippen molar-refractivity contribution in [2.75, 3.05) is 31.8 Å². The second-order valence-electron chi connectivity index (χ2n) is 29.9. The molecule has 0 spiro atoms. The Bertz CT molecular complexity index is 4530. The molecule has 5 aliphatic carbocycles. The third-order valence-corrected chi connectivity index (χ3v) is 22.1. The largest absolute Gasteiger partial charge is 0.481 e. The molecule has 0 bridgehead atoms. The molecule has 0 fully saturated rings. The number of halogens is 1. The van der Waals surface area contributed by atoms with Gasteiger partial charge < -0.3 is 29.8 Å². The van der Waals surface area contributed by atoms with Gasteiger partial charge in [-0.15, -0.1) is 0 Å². The number of carbonyl (C=O) groups is 6. The van der Waals surface area contributed by atoms with E-state index in [4.69, 9.17) is 25.1 Å². The van der Waals surface area contributed by atoms with Crippen molar-refractivity contribution in [2.45, 2.75) is 196 Å². The number of benzene rings is 7. The molecule has 0 aliphatic heterocycles. The summed E-state index contributed by atoms with van der Waals surface area (Å²) in [6, 6.07) is 58.9. The van der Waals surface area contributed by atoms with Crippen LogP contribution in [0.25, 0.3) is 27.9 Å². The predicted molar refractivity (Wildman–Crippen MR) is 491 cm³/mol. The highest BCUT2D eigenvalue weighted by Crippen LogP contribution is 2.39. The van der Waals surface area contributed by atoms with Gasteiger partial charge in [0.1, 0.15) is 5.78 Å². The van der Waals surface area contributed by atoms with Crippen LogP contribution in [-0.4, -0.2) is 78.5 Å². The van der Waals surface area contributed by atoms with Gasteiger partial charge in [0.25, 0.3) is 0 Å². The van der Waals surface area contributed by atoms with E-state index in [0.717, 1.165) is 67.6 Å². The van der Waals surface area contributed by atoms with E-state index in [-0.39, 0.29) is 47.5 Å². The number of ether oxygens (including phenoxy) is 4. The minimum Gasteiger partial charge on any atom is -0.481 e. The van der Waals surface area contributed by atoms with E-state index in [1.165, 1.54) is 89.9 Å². The van der Waals surface area contributed by atoms with Gasteiger partial charge in [-0.05, 0) is 272 Å². The first-order valence-corrected chi connectivity index (χ1v) is 42.8. The molecule has 0 saturated carbocycles. The van der Waals surface area contributed by atoms with Gasteiger partial charge in [-0.2, -0.15) is 0 Å². The molecule has 0 radical (unpaired) electrons. The molecule has 7 aromatic carbocycles. The standard InChI is InChI=1S/C15H20O2.C15H20.C14H16O2.C13H17N.C13H14O.C12H12O2.C8H10.C7H11BrO2.C7H12O2/c1-4-17-15(16)13(3)9-7-11-14-10-6-5-8-12(14)2;1-4-11(2)12(3)14-10-9-13-7-5-6-8-15(13)14;1-3-16-14(15)10(2)12-9-8-11-6-4-5-7-13(11)12;2*1-9(10(2)14)12-8-7-11-5-3-4-6-13(11)12;1-8(12(13)14)10-7-6-9-4-2-3-5-11(9)10;1-7-5-3-4-6-8(7)2;1-3-10-7(9)6(2)4-5-8;1-4-6(3)7(8)9-5-2/h5-6,8-10H,4,7,11H2,1-3H3;5-8,10-12H,4,9H2,1-3H3;4-7,9-10H,3,8H2,1-2H3;3-6,8-10H,7,14H2,1-2H3;3-6,8-9H,7H2,1-2H3;2-5,7-8H,6H2,1H3,(H,13,14);3-6H,1-2H3;4H,3,5H2,1-2H3;4H,5H2,1-3H3/b13-9+;;;;;;;2*6-4+.